The first-order valence-electron chi connectivity index (χ1n) is 7.64. The molecule has 0 unspecified atom stereocenters. The van der Waals surface area contributed by atoms with E-state index in [1.54, 1.807) is 6.26 Å². The molecule has 0 N–H and O–H groups in total. The Labute approximate surface area is 109 Å². The van der Waals surface area contributed by atoms with Gasteiger partial charge in [-0.3, -0.25) is 0 Å². The second-order valence-electron chi connectivity index (χ2n) is 4.88. The van der Waals surface area contributed by atoms with Crippen molar-refractivity contribution >= 4 is 0 Å². The van der Waals surface area contributed by atoms with Crippen LogP contribution in [-0.2, 0) is 4.74 Å². The first-order valence-corrected chi connectivity index (χ1v) is 7.64. The molecule has 0 saturated heterocycles. The maximum Gasteiger partial charge on any atom is 0.0873 e. The quantitative estimate of drug-likeness (QED) is 0.290. The van der Waals surface area contributed by atoms with Gasteiger partial charge in [0.1, 0.15) is 0 Å². The normalized spacial score (nSPS) is 11.2. The SMILES string of the molecule is CC=COCCCCCCCCCCCCC. The minimum Gasteiger partial charge on any atom is -0.502 e. The van der Waals surface area contributed by atoms with Crippen LogP contribution in [0.1, 0.15) is 84.5 Å². The van der Waals surface area contributed by atoms with Crippen LogP contribution in [0.4, 0.5) is 0 Å². The van der Waals surface area contributed by atoms with Crippen LogP contribution < -0.4 is 0 Å². The van der Waals surface area contributed by atoms with Crippen molar-refractivity contribution in [3.05, 3.63) is 12.3 Å². The summed E-state index contributed by atoms with van der Waals surface area (Å²) in [5.74, 6) is 0. The van der Waals surface area contributed by atoms with E-state index >= 15 is 0 Å². The molecule has 0 aromatic carbocycles. The number of hydrogen-bond acceptors (Lipinski definition) is 1. The van der Waals surface area contributed by atoms with Crippen LogP contribution in [0, 0.1) is 0 Å². The minimum absolute atomic E-state index is 0.890. The summed E-state index contributed by atoms with van der Waals surface area (Å²) in [5, 5.41) is 0. The Hall–Kier alpha value is -0.460. The molecule has 0 aromatic heterocycles. The van der Waals surface area contributed by atoms with Gasteiger partial charge in [-0.05, 0) is 13.3 Å². The second-order valence-corrected chi connectivity index (χ2v) is 4.88. The molecule has 0 heterocycles. The standard InChI is InChI=1S/C16H32O/c1-3-5-6-7-8-9-10-11-12-13-14-16-17-15-4-2/h4,15H,3,5-14,16H2,1-2H3. The summed E-state index contributed by atoms with van der Waals surface area (Å²) < 4.78 is 5.28. The molecule has 0 fully saturated rings. The van der Waals surface area contributed by atoms with Crippen LogP contribution in [0.25, 0.3) is 0 Å². The van der Waals surface area contributed by atoms with E-state index in [-0.39, 0.29) is 0 Å². The highest BCUT2D eigenvalue weighted by Crippen LogP contribution is 2.11. The van der Waals surface area contributed by atoms with Gasteiger partial charge < -0.3 is 4.74 Å². The van der Waals surface area contributed by atoms with Crippen molar-refractivity contribution in [1.29, 1.82) is 0 Å². The van der Waals surface area contributed by atoms with Gasteiger partial charge in [-0.2, -0.15) is 0 Å². The van der Waals surface area contributed by atoms with E-state index in [2.05, 4.69) is 6.92 Å². The topological polar surface area (TPSA) is 9.23 Å². The van der Waals surface area contributed by atoms with Crippen molar-refractivity contribution in [2.75, 3.05) is 6.61 Å². The lowest BCUT2D eigenvalue weighted by Crippen LogP contribution is -1.88. The van der Waals surface area contributed by atoms with E-state index in [0.717, 1.165) is 6.61 Å². The molecule has 1 nitrogen and oxygen atoms in total. The summed E-state index contributed by atoms with van der Waals surface area (Å²) >= 11 is 0. The molecule has 0 radical (unpaired) electrons. The molecule has 0 aromatic rings. The molecule has 0 rings (SSSR count). The van der Waals surface area contributed by atoms with Crippen LogP contribution >= 0.6 is 0 Å². The summed E-state index contributed by atoms with van der Waals surface area (Å²) in [5.41, 5.74) is 0. The van der Waals surface area contributed by atoms with Crippen molar-refractivity contribution in [3.63, 3.8) is 0 Å². The third-order valence-corrected chi connectivity index (χ3v) is 3.10. The van der Waals surface area contributed by atoms with E-state index in [4.69, 9.17) is 4.74 Å². The summed E-state index contributed by atoms with van der Waals surface area (Å²) in [6, 6.07) is 0. The van der Waals surface area contributed by atoms with E-state index in [1.165, 1.54) is 70.6 Å². The average Bonchev–Trinajstić information content (AvgIpc) is 2.35. The molecule has 1 heteroatoms. The van der Waals surface area contributed by atoms with Crippen molar-refractivity contribution in [1.82, 2.24) is 0 Å². The Morgan fingerprint density at radius 3 is 1.65 bits per heavy atom. The van der Waals surface area contributed by atoms with Crippen LogP contribution in [0.2, 0.25) is 0 Å². The van der Waals surface area contributed by atoms with Gasteiger partial charge in [-0.25, -0.2) is 0 Å². The van der Waals surface area contributed by atoms with Crippen molar-refractivity contribution in [2.45, 2.75) is 84.5 Å². The highest BCUT2D eigenvalue weighted by molar-refractivity contribution is 4.64. The number of ether oxygens (including phenoxy) is 1. The Bertz CT molecular complexity index is 152. The van der Waals surface area contributed by atoms with Gasteiger partial charge in [-0.1, -0.05) is 77.2 Å². The third-order valence-electron chi connectivity index (χ3n) is 3.10. The molecule has 0 bridgehead atoms. The maximum atomic E-state index is 5.28. The molecule has 0 saturated carbocycles. The molecule has 102 valence electrons. The van der Waals surface area contributed by atoms with Crippen molar-refractivity contribution < 1.29 is 4.74 Å². The fourth-order valence-corrected chi connectivity index (χ4v) is 2.01. The number of allylic oxidation sites excluding steroid dienone is 1. The summed E-state index contributed by atoms with van der Waals surface area (Å²) in [6.45, 7) is 5.15. The molecular weight excluding hydrogens is 208 g/mol. The fourth-order valence-electron chi connectivity index (χ4n) is 2.01. The van der Waals surface area contributed by atoms with Gasteiger partial charge in [0, 0.05) is 0 Å². The van der Waals surface area contributed by atoms with Gasteiger partial charge in [-0.15, -0.1) is 0 Å². The molecule has 0 aliphatic rings. The van der Waals surface area contributed by atoms with E-state index in [9.17, 15) is 0 Å². The smallest absolute Gasteiger partial charge is 0.0873 e. The molecule has 0 amide bonds. The van der Waals surface area contributed by atoms with Crippen LogP contribution in [0.3, 0.4) is 0 Å². The lowest BCUT2D eigenvalue weighted by atomic mass is 10.1. The van der Waals surface area contributed by atoms with Crippen LogP contribution in [0.5, 0.6) is 0 Å². The Kier molecular flexibility index (Phi) is 15.1. The zero-order valence-electron chi connectivity index (χ0n) is 12.0. The summed E-state index contributed by atoms with van der Waals surface area (Å²) in [4.78, 5) is 0. The van der Waals surface area contributed by atoms with Gasteiger partial charge in [0.15, 0.2) is 0 Å². The lowest BCUT2D eigenvalue weighted by molar-refractivity contribution is 0.240. The summed E-state index contributed by atoms with van der Waals surface area (Å²) in [7, 11) is 0. The van der Waals surface area contributed by atoms with E-state index in [0.29, 0.717) is 0 Å². The minimum atomic E-state index is 0.890. The monoisotopic (exact) mass is 240 g/mol. The highest BCUT2D eigenvalue weighted by atomic mass is 16.5. The molecule has 0 atom stereocenters. The predicted octanol–water partition coefficient (Wildman–Crippen LogP) is 5.85. The Morgan fingerprint density at radius 2 is 1.18 bits per heavy atom. The van der Waals surface area contributed by atoms with Gasteiger partial charge in [0.25, 0.3) is 0 Å². The first-order chi connectivity index (χ1) is 8.41. The average molecular weight is 240 g/mol. The third kappa shape index (κ3) is 15.5. The molecular formula is C16H32O. The van der Waals surface area contributed by atoms with Gasteiger partial charge in [0.2, 0.25) is 0 Å². The number of unbranched alkanes of at least 4 members (excludes halogenated alkanes) is 10. The fraction of sp³-hybridized carbons (Fsp3) is 0.875. The largest absolute Gasteiger partial charge is 0.502 e. The number of hydrogen-bond donors (Lipinski definition) is 0. The van der Waals surface area contributed by atoms with Gasteiger partial charge >= 0.3 is 0 Å². The Balaban J connectivity index is 2.89. The van der Waals surface area contributed by atoms with E-state index in [1.807, 2.05) is 13.0 Å². The van der Waals surface area contributed by atoms with Crippen LogP contribution in [-0.4, -0.2) is 6.61 Å². The van der Waals surface area contributed by atoms with Crippen LogP contribution in [0.15, 0.2) is 12.3 Å². The zero-order valence-corrected chi connectivity index (χ0v) is 12.0. The van der Waals surface area contributed by atoms with Crippen molar-refractivity contribution in [2.24, 2.45) is 0 Å². The number of rotatable bonds is 13. The maximum absolute atomic E-state index is 5.28. The second kappa shape index (κ2) is 15.5. The molecule has 17 heavy (non-hydrogen) atoms. The Morgan fingerprint density at radius 1 is 0.706 bits per heavy atom. The highest BCUT2D eigenvalue weighted by Gasteiger charge is 1.92. The summed E-state index contributed by atoms with van der Waals surface area (Å²) in [6.07, 6.45) is 19.1. The first kappa shape index (κ1) is 16.5. The molecule has 0 aliphatic carbocycles. The lowest BCUT2D eigenvalue weighted by Gasteiger charge is -2.02. The van der Waals surface area contributed by atoms with E-state index < -0.39 is 0 Å². The predicted molar refractivity (Wildman–Crippen MR) is 77.2 cm³/mol. The van der Waals surface area contributed by atoms with Crippen molar-refractivity contribution in [3.8, 4) is 0 Å². The molecule has 0 aliphatic heterocycles. The van der Waals surface area contributed by atoms with Gasteiger partial charge in [0.05, 0.1) is 12.9 Å². The zero-order chi connectivity index (χ0) is 12.6. The molecule has 0 spiro atoms.